The van der Waals surface area contributed by atoms with Gasteiger partial charge >= 0.3 is 0 Å². The van der Waals surface area contributed by atoms with Crippen LogP contribution in [0.3, 0.4) is 0 Å². The molecule has 1 fully saturated rings. The molecule has 0 saturated heterocycles. The summed E-state index contributed by atoms with van der Waals surface area (Å²) in [5, 5.41) is 8.46. The van der Waals surface area contributed by atoms with E-state index in [1.54, 1.807) is 6.07 Å². The molecular weight excluding hydrogens is 136 g/mol. The SMILES string of the molecule is N#Cc1[c]nc(C2CC2)cc1. The third kappa shape index (κ3) is 1.22. The zero-order valence-electron chi connectivity index (χ0n) is 6.04. The number of nitriles is 1. The molecule has 0 atom stereocenters. The van der Waals surface area contributed by atoms with Gasteiger partial charge in [0.25, 0.3) is 0 Å². The van der Waals surface area contributed by atoms with E-state index in [0.717, 1.165) is 5.69 Å². The fraction of sp³-hybridized carbons (Fsp3) is 0.333. The molecule has 0 bridgehead atoms. The van der Waals surface area contributed by atoms with Crippen LogP contribution in [0.4, 0.5) is 0 Å². The highest BCUT2D eigenvalue weighted by atomic mass is 14.7. The van der Waals surface area contributed by atoms with Crippen molar-refractivity contribution in [3.63, 3.8) is 0 Å². The summed E-state index contributed by atoms with van der Waals surface area (Å²) in [4.78, 5) is 4.06. The maximum absolute atomic E-state index is 8.46. The minimum Gasteiger partial charge on any atom is -0.249 e. The van der Waals surface area contributed by atoms with Crippen molar-refractivity contribution >= 4 is 0 Å². The zero-order chi connectivity index (χ0) is 7.68. The Morgan fingerprint density at radius 2 is 2.36 bits per heavy atom. The first-order chi connectivity index (χ1) is 5.40. The van der Waals surface area contributed by atoms with E-state index in [4.69, 9.17) is 5.26 Å². The van der Waals surface area contributed by atoms with Gasteiger partial charge in [0, 0.05) is 11.6 Å². The summed E-state index contributed by atoms with van der Waals surface area (Å²) in [6.45, 7) is 0. The second kappa shape index (κ2) is 2.35. The lowest BCUT2D eigenvalue weighted by molar-refractivity contribution is 1.02. The average molecular weight is 143 g/mol. The molecule has 53 valence electrons. The molecule has 1 aromatic heterocycles. The van der Waals surface area contributed by atoms with Crippen LogP contribution in [0.15, 0.2) is 12.1 Å². The summed E-state index contributed by atoms with van der Waals surface area (Å²) in [6, 6.07) is 5.70. The summed E-state index contributed by atoms with van der Waals surface area (Å²) in [7, 11) is 0. The average Bonchev–Trinajstić information content (AvgIpc) is 2.87. The maximum Gasteiger partial charge on any atom is 0.108 e. The van der Waals surface area contributed by atoms with Crippen LogP contribution in [0.5, 0.6) is 0 Å². The second-order valence-electron chi connectivity index (χ2n) is 2.78. The van der Waals surface area contributed by atoms with E-state index in [9.17, 15) is 0 Å². The molecule has 11 heavy (non-hydrogen) atoms. The molecule has 0 N–H and O–H groups in total. The Balaban J connectivity index is 2.27. The molecule has 1 saturated carbocycles. The van der Waals surface area contributed by atoms with Gasteiger partial charge in [-0.25, -0.2) is 4.98 Å². The first-order valence-corrected chi connectivity index (χ1v) is 3.69. The van der Waals surface area contributed by atoms with Crippen molar-refractivity contribution in [2.45, 2.75) is 18.8 Å². The largest absolute Gasteiger partial charge is 0.249 e. The van der Waals surface area contributed by atoms with Crippen LogP contribution in [0.2, 0.25) is 0 Å². The summed E-state index contributed by atoms with van der Waals surface area (Å²) in [5.74, 6) is 0.652. The summed E-state index contributed by atoms with van der Waals surface area (Å²) < 4.78 is 0. The van der Waals surface area contributed by atoms with Crippen LogP contribution in [-0.2, 0) is 0 Å². The minimum atomic E-state index is 0.523. The normalized spacial score (nSPS) is 15.9. The van der Waals surface area contributed by atoms with Gasteiger partial charge in [-0.05, 0) is 25.0 Å². The van der Waals surface area contributed by atoms with E-state index in [-0.39, 0.29) is 0 Å². The standard InChI is InChI=1S/C9H7N2/c10-5-7-1-4-9(11-6-7)8-2-3-8/h1,4,8H,2-3H2. The Labute approximate surface area is 65.5 Å². The van der Waals surface area contributed by atoms with E-state index in [1.165, 1.54) is 12.8 Å². The van der Waals surface area contributed by atoms with Crippen LogP contribution >= 0.6 is 0 Å². The van der Waals surface area contributed by atoms with Gasteiger partial charge in [-0.2, -0.15) is 5.26 Å². The number of pyridine rings is 1. The van der Waals surface area contributed by atoms with Gasteiger partial charge < -0.3 is 0 Å². The number of aromatic nitrogens is 1. The van der Waals surface area contributed by atoms with Crippen LogP contribution in [0.25, 0.3) is 0 Å². The predicted octanol–water partition coefficient (Wildman–Crippen LogP) is 1.63. The number of nitrogens with zero attached hydrogens (tertiary/aromatic N) is 2. The Morgan fingerprint density at radius 3 is 2.82 bits per heavy atom. The third-order valence-electron chi connectivity index (χ3n) is 1.84. The Morgan fingerprint density at radius 1 is 1.55 bits per heavy atom. The molecule has 0 aliphatic heterocycles. The van der Waals surface area contributed by atoms with Crippen molar-refractivity contribution in [1.29, 1.82) is 5.26 Å². The summed E-state index contributed by atoms with van der Waals surface area (Å²) in [5.41, 5.74) is 1.61. The van der Waals surface area contributed by atoms with Crippen molar-refractivity contribution in [3.05, 3.63) is 29.6 Å². The molecule has 0 unspecified atom stereocenters. The summed E-state index contributed by atoms with van der Waals surface area (Å²) >= 11 is 0. The first-order valence-electron chi connectivity index (χ1n) is 3.69. The number of hydrogen-bond acceptors (Lipinski definition) is 2. The fourth-order valence-corrected chi connectivity index (χ4v) is 1.04. The van der Waals surface area contributed by atoms with Crippen molar-refractivity contribution in [3.8, 4) is 6.07 Å². The smallest absolute Gasteiger partial charge is 0.108 e. The molecule has 0 spiro atoms. The summed E-state index contributed by atoms with van der Waals surface area (Å²) in [6.07, 6.45) is 5.18. The highest BCUT2D eigenvalue weighted by molar-refractivity contribution is 5.27. The van der Waals surface area contributed by atoms with Gasteiger partial charge in [0.1, 0.15) is 12.3 Å². The van der Waals surface area contributed by atoms with Crippen molar-refractivity contribution in [2.75, 3.05) is 0 Å². The topological polar surface area (TPSA) is 36.7 Å². The molecule has 1 aromatic rings. The lowest BCUT2D eigenvalue weighted by Gasteiger charge is -1.93. The van der Waals surface area contributed by atoms with Crippen LogP contribution in [-0.4, -0.2) is 4.98 Å². The molecule has 1 aliphatic carbocycles. The molecule has 2 rings (SSSR count). The van der Waals surface area contributed by atoms with E-state index < -0.39 is 0 Å². The molecular formula is C9H7N2. The fourth-order valence-electron chi connectivity index (χ4n) is 1.04. The van der Waals surface area contributed by atoms with Crippen molar-refractivity contribution in [2.24, 2.45) is 0 Å². The molecule has 1 radical (unpaired) electrons. The molecule has 2 nitrogen and oxygen atoms in total. The molecule has 1 heterocycles. The van der Waals surface area contributed by atoms with Gasteiger partial charge in [0.15, 0.2) is 0 Å². The predicted molar refractivity (Wildman–Crippen MR) is 39.8 cm³/mol. The second-order valence-corrected chi connectivity index (χ2v) is 2.78. The molecule has 1 aliphatic rings. The van der Waals surface area contributed by atoms with Gasteiger partial charge in [-0.15, -0.1) is 0 Å². The van der Waals surface area contributed by atoms with Gasteiger partial charge in [0.05, 0.1) is 5.56 Å². The quantitative estimate of drug-likeness (QED) is 0.599. The van der Waals surface area contributed by atoms with Crippen LogP contribution in [0, 0.1) is 17.5 Å². The van der Waals surface area contributed by atoms with E-state index in [0.29, 0.717) is 11.5 Å². The van der Waals surface area contributed by atoms with Crippen LogP contribution < -0.4 is 0 Å². The highest BCUT2D eigenvalue weighted by Crippen LogP contribution is 2.38. The van der Waals surface area contributed by atoms with Crippen molar-refractivity contribution in [1.82, 2.24) is 4.98 Å². The maximum atomic E-state index is 8.46. The van der Waals surface area contributed by atoms with Crippen molar-refractivity contribution < 1.29 is 0 Å². The Hall–Kier alpha value is -1.36. The van der Waals surface area contributed by atoms with Crippen LogP contribution in [0.1, 0.15) is 30.0 Å². The lowest BCUT2D eigenvalue weighted by atomic mass is 10.2. The Kier molecular flexibility index (Phi) is 1.36. The number of hydrogen-bond donors (Lipinski definition) is 0. The van der Waals surface area contributed by atoms with E-state index in [1.807, 2.05) is 12.1 Å². The lowest BCUT2D eigenvalue weighted by Crippen LogP contribution is -1.86. The van der Waals surface area contributed by atoms with E-state index >= 15 is 0 Å². The minimum absolute atomic E-state index is 0.523. The zero-order valence-corrected chi connectivity index (χ0v) is 6.04. The molecule has 0 amide bonds. The Bertz CT molecular complexity index is 290. The van der Waals surface area contributed by atoms with E-state index in [2.05, 4.69) is 11.2 Å². The number of rotatable bonds is 1. The highest BCUT2D eigenvalue weighted by Gasteiger charge is 2.24. The molecule has 2 heteroatoms. The van der Waals surface area contributed by atoms with Gasteiger partial charge in [-0.3, -0.25) is 0 Å². The monoisotopic (exact) mass is 143 g/mol. The first kappa shape index (κ1) is 6.36. The van der Waals surface area contributed by atoms with Gasteiger partial charge in [-0.1, -0.05) is 0 Å². The van der Waals surface area contributed by atoms with Gasteiger partial charge in [0.2, 0.25) is 0 Å². The molecule has 0 aromatic carbocycles. The third-order valence-corrected chi connectivity index (χ3v) is 1.84.